The van der Waals surface area contributed by atoms with Crippen molar-refractivity contribution in [3.05, 3.63) is 53.9 Å². The maximum Gasteiger partial charge on any atom is 0.251 e. The summed E-state index contributed by atoms with van der Waals surface area (Å²) in [5.74, 6) is 0.0386. The third-order valence-electron chi connectivity index (χ3n) is 5.17. The molecule has 1 saturated heterocycles. The first kappa shape index (κ1) is 18.2. The van der Waals surface area contributed by atoms with Gasteiger partial charge in [0.25, 0.3) is 5.91 Å². The Labute approximate surface area is 154 Å². The van der Waals surface area contributed by atoms with Gasteiger partial charge in [-0.15, -0.1) is 0 Å². The van der Waals surface area contributed by atoms with Gasteiger partial charge in [-0.1, -0.05) is 24.3 Å². The van der Waals surface area contributed by atoms with Gasteiger partial charge in [-0.25, -0.2) is 0 Å². The molecule has 1 unspecified atom stereocenters. The molecule has 1 aliphatic heterocycles. The Morgan fingerprint density at radius 3 is 2.65 bits per heavy atom. The molecule has 0 bridgehead atoms. The van der Waals surface area contributed by atoms with Crippen LogP contribution in [0.15, 0.2) is 42.7 Å². The van der Waals surface area contributed by atoms with E-state index in [0.29, 0.717) is 25.9 Å². The molecular formula is C20H26N4O2. The fraction of sp³-hybridized carbons (Fsp3) is 0.450. The van der Waals surface area contributed by atoms with Crippen LogP contribution in [0.2, 0.25) is 0 Å². The number of amides is 2. The molecule has 1 aliphatic rings. The van der Waals surface area contributed by atoms with Crippen LogP contribution >= 0.6 is 0 Å². The number of carbonyl (C=O) groups excluding carboxylic acids is 2. The van der Waals surface area contributed by atoms with Gasteiger partial charge in [0.2, 0.25) is 5.91 Å². The van der Waals surface area contributed by atoms with Gasteiger partial charge < -0.3 is 9.80 Å². The molecule has 0 aliphatic carbocycles. The lowest BCUT2D eigenvalue weighted by atomic mass is 9.87. The minimum absolute atomic E-state index is 0.0189. The van der Waals surface area contributed by atoms with Crippen LogP contribution < -0.4 is 0 Å². The summed E-state index contributed by atoms with van der Waals surface area (Å²) in [5, 5.41) is 4.34. The van der Waals surface area contributed by atoms with E-state index in [0.717, 1.165) is 17.5 Å². The average Bonchev–Trinajstić information content (AvgIpc) is 3.18. The van der Waals surface area contributed by atoms with Crippen LogP contribution in [-0.4, -0.2) is 58.6 Å². The first-order chi connectivity index (χ1) is 12.4. The van der Waals surface area contributed by atoms with Gasteiger partial charge >= 0.3 is 0 Å². The van der Waals surface area contributed by atoms with Crippen LogP contribution in [0.1, 0.15) is 24.0 Å². The van der Waals surface area contributed by atoms with Crippen LogP contribution in [-0.2, 0) is 21.5 Å². The summed E-state index contributed by atoms with van der Waals surface area (Å²) in [6.07, 6.45) is 5.31. The summed E-state index contributed by atoms with van der Waals surface area (Å²) in [4.78, 5) is 29.4. The summed E-state index contributed by atoms with van der Waals surface area (Å²) in [6.45, 7) is 3.05. The number of rotatable bonds is 4. The Hall–Kier alpha value is -2.63. The topological polar surface area (TPSA) is 58.4 Å². The van der Waals surface area contributed by atoms with E-state index in [2.05, 4.69) is 5.10 Å². The molecular weight excluding hydrogens is 328 g/mol. The van der Waals surface area contributed by atoms with E-state index in [4.69, 9.17) is 0 Å². The predicted molar refractivity (Wildman–Crippen MR) is 99.6 cm³/mol. The van der Waals surface area contributed by atoms with Gasteiger partial charge in [0.05, 0.1) is 13.0 Å². The smallest absolute Gasteiger partial charge is 0.251 e. The Balaban J connectivity index is 1.85. The van der Waals surface area contributed by atoms with Gasteiger partial charge in [-0.2, -0.15) is 5.10 Å². The van der Waals surface area contributed by atoms with Crippen LogP contribution in [0.25, 0.3) is 0 Å². The van der Waals surface area contributed by atoms with Gasteiger partial charge in [0.15, 0.2) is 5.54 Å². The molecule has 1 atom stereocenters. The monoisotopic (exact) mass is 354 g/mol. The molecule has 2 heterocycles. The molecule has 2 amide bonds. The standard InChI is InChI=1S/C20H26N4O2/c1-16-8-4-5-9-17(16)14-18(25)23-12-6-10-20(15-23,19(26)22(2)3)24-13-7-11-21-24/h4-5,7-9,11,13H,6,10,12,14-15H2,1-3H3. The summed E-state index contributed by atoms with van der Waals surface area (Å²) < 4.78 is 1.72. The molecule has 0 saturated carbocycles. The maximum absolute atomic E-state index is 13.0. The number of piperidine rings is 1. The predicted octanol–water partition coefficient (Wildman–Crippen LogP) is 1.84. The number of carbonyl (C=O) groups is 2. The number of aryl methyl sites for hydroxylation is 1. The highest BCUT2D eigenvalue weighted by Crippen LogP contribution is 2.30. The van der Waals surface area contributed by atoms with Crippen LogP contribution in [0.4, 0.5) is 0 Å². The van der Waals surface area contributed by atoms with Gasteiger partial charge in [0.1, 0.15) is 0 Å². The molecule has 1 aromatic heterocycles. The third-order valence-corrected chi connectivity index (χ3v) is 5.17. The van der Waals surface area contributed by atoms with Crippen molar-refractivity contribution in [2.75, 3.05) is 27.2 Å². The van der Waals surface area contributed by atoms with E-state index in [1.54, 1.807) is 29.9 Å². The molecule has 6 nitrogen and oxygen atoms in total. The van der Waals surface area contributed by atoms with Crippen molar-refractivity contribution < 1.29 is 9.59 Å². The quantitative estimate of drug-likeness (QED) is 0.842. The Kier molecular flexibility index (Phi) is 5.11. The third kappa shape index (κ3) is 3.36. The lowest BCUT2D eigenvalue weighted by Gasteiger charge is -2.43. The largest absolute Gasteiger partial charge is 0.347 e. The second-order valence-electron chi connectivity index (χ2n) is 7.20. The molecule has 2 aromatic rings. The van der Waals surface area contributed by atoms with Crippen LogP contribution in [0, 0.1) is 6.92 Å². The second kappa shape index (κ2) is 7.32. The summed E-state index contributed by atoms with van der Waals surface area (Å²) in [6, 6.07) is 9.75. The van der Waals surface area contributed by atoms with Crippen LogP contribution in [0.3, 0.4) is 0 Å². The Morgan fingerprint density at radius 2 is 2.00 bits per heavy atom. The number of hydrogen-bond acceptors (Lipinski definition) is 3. The number of aromatic nitrogens is 2. The first-order valence-corrected chi connectivity index (χ1v) is 8.98. The van der Waals surface area contributed by atoms with E-state index in [-0.39, 0.29) is 11.8 Å². The van der Waals surface area contributed by atoms with Gasteiger partial charge in [-0.3, -0.25) is 14.3 Å². The fourth-order valence-electron chi connectivity index (χ4n) is 3.73. The Morgan fingerprint density at radius 1 is 1.23 bits per heavy atom. The molecule has 0 radical (unpaired) electrons. The van der Waals surface area contributed by atoms with Crippen molar-refractivity contribution in [1.29, 1.82) is 0 Å². The number of benzene rings is 1. The minimum Gasteiger partial charge on any atom is -0.347 e. The van der Waals surface area contributed by atoms with E-state index in [1.807, 2.05) is 48.4 Å². The van der Waals surface area contributed by atoms with Crippen molar-refractivity contribution in [3.8, 4) is 0 Å². The van der Waals surface area contributed by atoms with E-state index in [9.17, 15) is 9.59 Å². The minimum atomic E-state index is -0.827. The summed E-state index contributed by atoms with van der Waals surface area (Å²) in [5.41, 5.74) is 1.32. The molecule has 26 heavy (non-hydrogen) atoms. The highest BCUT2D eigenvalue weighted by molar-refractivity contribution is 5.86. The van der Waals surface area contributed by atoms with Crippen molar-refractivity contribution in [2.45, 2.75) is 31.7 Å². The summed E-state index contributed by atoms with van der Waals surface area (Å²) >= 11 is 0. The molecule has 1 fully saturated rings. The van der Waals surface area contributed by atoms with Crippen molar-refractivity contribution in [2.24, 2.45) is 0 Å². The molecule has 0 spiro atoms. The number of nitrogens with zero attached hydrogens (tertiary/aromatic N) is 4. The molecule has 138 valence electrons. The van der Waals surface area contributed by atoms with Crippen molar-refractivity contribution in [1.82, 2.24) is 19.6 Å². The zero-order valence-corrected chi connectivity index (χ0v) is 15.7. The fourth-order valence-corrected chi connectivity index (χ4v) is 3.73. The molecule has 0 N–H and O–H groups in total. The maximum atomic E-state index is 13.0. The molecule has 6 heteroatoms. The first-order valence-electron chi connectivity index (χ1n) is 8.98. The van der Waals surface area contributed by atoms with Crippen LogP contribution in [0.5, 0.6) is 0 Å². The second-order valence-corrected chi connectivity index (χ2v) is 7.20. The van der Waals surface area contributed by atoms with E-state index < -0.39 is 5.54 Å². The van der Waals surface area contributed by atoms with E-state index >= 15 is 0 Å². The highest BCUT2D eigenvalue weighted by Gasteiger charge is 2.46. The zero-order chi connectivity index (χ0) is 18.7. The normalized spacial score (nSPS) is 20.0. The van der Waals surface area contributed by atoms with Crippen molar-refractivity contribution in [3.63, 3.8) is 0 Å². The summed E-state index contributed by atoms with van der Waals surface area (Å²) in [7, 11) is 3.50. The van der Waals surface area contributed by atoms with E-state index in [1.165, 1.54) is 0 Å². The Bertz CT molecular complexity index is 785. The van der Waals surface area contributed by atoms with Gasteiger partial charge in [-0.05, 0) is 37.0 Å². The number of likely N-dealkylation sites (N-methyl/N-ethyl adjacent to an activating group) is 1. The molecule has 3 rings (SSSR count). The number of hydrogen-bond donors (Lipinski definition) is 0. The zero-order valence-electron chi connectivity index (χ0n) is 15.7. The molecule has 1 aromatic carbocycles. The van der Waals surface area contributed by atoms with Crippen molar-refractivity contribution >= 4 is 11.8 Å². The lowest BCUT2D eigenvalue weighted by molar-refractivity contribution is -0.146. The number of likely N-dealkylation sites (tertiary alicyclic amines) is 1. The highest BCUT2D eigenvalue weighted by atomic mass is 16.2. The average molecular weight is 354 g/mol. The SMILES string of the molecule is Cc1ccccc1CC(=O)N1CCCC(C(=O)N(C)C)(n2cccn2)C1. The lowest BCUT2D eigenvalue weighted by Crippen LogP contribution is -2.59. The van der Waals surface area contributed by atoms with Gasteiger partial charge in [0, 0.05) is 33.0 Å².